The van der Waals surface area contributed by atoms with Crippen LogP contribution in [0.15, 0.2) is 96.1 Å². The second-order valence-electron chi connectivity index (χ2n) is 10.6. The average Bonchev–Trinajstić information content (AvgIpc) is 3.27. The summed E-state index contributed by atoms with van der Waals surface area (Å²) in [6, 6.07) is 25.1. The average molecular weight is 611 g/mol. The molecule has 212 valence electrons. The Kier molecular flexibility index (Phi) is 6.19. The molecule has 1 aliphatic heterocycles. The van der Waals surface area contributed by atoms with E-state index in [2.05, 4.69) is 10.5 Å². The molecule has 2 atom stereocenters. The van der Waals surface area contributed by atoms with Crippen molar-refractivity contribution in [3.05, 3.63) is 139 Å². The maximum atomic E-state index is 14.4. The molecule has 43 heavy (non-hydrogen) atoms. The minimum Gasteiger partial charge on any atom is -0.274 e. The predicted molar refractivity (Wildman–Crippen MR) is 160 cm³/mol. The van der Waals surface area contributed by atoms with Crippen LogP contribution in [0.3, 0.4) is 0 Å². The Labute approximate surface area is 254 Å². The summed E-state index contributed by atoms with van der Waals surface area (Å²) >= 11 is 12.2. The van der Waals surface area contributed by atoms with Crippen LogP contribution < -0.4 is 10.3 Å². The highest BCUT2D eigenvalue weighted by Gasteiger charge is 2.68. The minimum atomic E-state index is -1.20. The molecule has 4 aromatic rings. The molecule has 9 nitrogen and oxygen atoms in total. The number of rotatable bonds is 5. The van der Waals surface area contributed by atoms with Crippen molar-refractivity contribution in [2.75, 3.05) is 4.90 Å². The van der Waals surface area contributed by atoms with E-state index in [1.165, 1.54) is 36.4 Å². The van der Waals surface area contributed by atoms with Gasteiger partial charge in [-0.1, -0.05) is 71.7 Å². The molecular formula is C32H20Cl2N4O5. The van der Waals surface area contributed by atoms with E-state index in [0.717, 1.165) is 27.2 Å². The number of benzene rings is 4. The van der Waals surface area contributed by atoms with E-state index in [0.29, 0.717) is 5.02 Å². The van der Waals surface area contributed by atoms with Gasteiger partial charge >= 0.3 is 0 Å². The number of carbonyl (C=O) groups is 3. The predicted octanol–water partition coefficient (Wildman–Crippen LogP) is 5.87. The summed E-state index contributed by atoms with van der Waals surface area (Å²) in [6.07, 6.45) is 1.55. The lowest BCUT2D eigenvalue weighted by Gasteiger charge is -2.52. The zero-order valence-electron chi connectivity index (χ0n) is 22.1. The van der Waals surface area contributed by atoms with Crippen LogP contribution in [-0.4, -0.2) is 28.9 Å². The van der Waals surface area contributed by atoms with Crippen molar-refractivity contribution in [3.8, 4) is 0 Å². The molecule has 0 unspecified atom stereocenters. The Morgan fingerprint density at radius 2 is 1.53 bits per heavy atom. The Bertz CT molecular complexity index is 1860. The number of amides is 3. The van der Waals surface area contributed by atoms with Crippen molar-refractivity contribution in [2.45, 2.75) is 11.3 Å². The van der Waals surface area contributed by atoms with E-state index in [4.69, 9.17) is 23.2 Å². The maximum absolute atomic E-state index is 14.4. The smallest absolute Gasteiger partial charge is 0.272 e. The number of carbonyl (C=O) groups excluding carboxylic acids is 3. The monoisotopic (exact) mass is 610 g/mol. The first-order chi connectivity index (χ1) is 20.7. The third kappa shape index (κ3) is 3.85. The van der Waals surface area contributed by atoms with Gasteiger partial charge in [-0.15, -0.1) is 0 Å². The van der Waals surface area contributed by atoms with Crippen molar-refractivity contribution in [1.29, 1.82) is 0 Å². The van der Waals surface area contributed by atoms with E-state index >= 15 is 0 Å². The van der Waals surface area contributed by atoms with Gasteiger partial charge in [0.2, 0.25) is 11.8 Å². The fourth-order valence-electron chi connectivity index (χ4n) is 6.95. The summed E-state index contributed by atoms with van der Waals surface area (Å²) in [5, 5.41) is 16.1. The van der Waals surface area contributed by atoms with E-state index in [1.807, 2.05) is 48.5 Å². The van der Waals surface area contributed by atoms with Gasteiger partial charge in [-0.05, 0) is 52.6 Å². The van der Waals surface area contributed by atoms with Crippen LogP contribution in [0.1, 0.15) is 38.5 Å². The third-order valence-corrected chi connectivity index (χ3v) is 9.16. The van der Waals surface area contributed by atoms with Crippen molar-refractivity contribution in [1.82, 2.24) is 5.43 Å². The third-order valence-electron chi connectivity index (χ3n) is 8.61. The molecule has 3 amide bonds. The Hall–Kier alpha value is -4.86. The van der Waals surface area contributed by atoms with Gasteiger partial charge in [-0.2, -0.15) is 5.10 Å². The molecule has 1 saturated heterocycles. The molecule has 1 N–H and O–H groups in total. The lowest BCUT2D eigenvalue weighted by Crippen LogP contribution is -2.54. The van der Waals surface area contributed by atoms with Crippen LogP contribution in [0.25, 0.3) is 0 Å². The number of nitrogens with zero attached hydrogens (tertiary/aromatic N) is 3. The first kappa shape index (κ1) is 27.0. The van der Waals surface area contributed by atoms with Crippen molar-refractivity contribution < 1.29 is 19.3 Å². The van der Waals surface area contributed by atoms with E-state index in [-0.39, 0.29) is 22.0 Å². The Balaban J connectivity index is 1.37. The van der Waals surface area contributed by atoms with Gasteiger partial charge in [0.25, 0.3) is 11.6 Å². The topological polar surface area (TPSA) is 122 Å². The van der Waals surface area contributed by atoms with Crippen molar-refractivity contribution in [3.63, 3.8) is 0 Å². The minimum absolute atomic E-state index is 0.153. The van der Waals surface area contributed by atoms with Crippen LogP contribution in [0, 0.1) is 22.0 Å². The number of halogens is 2. The summed E-state index contributed by atoms with van der Waals surface area (Å²) in [5.41, 5.74) is 5.02. The largest absolute Gasteiger partial charge is 0.274 e. The lowest BCUT2D eigenvalue weighted by atomic mass is 9.47. The summed E-state index contributed by atoms with van der Waals surface area (Å²) in [6.45, 7) is 0. The second kappa shape index (κ2) is 9.86. The number of hydrogen-bond acceptors (Lipinski definition) is 6. The number of imide groups is 1. The fraction of sp³-hybridized carbons (Fsp3) is 0.125. The number of nitrogens with one attached hydrogen (secondary N) is 1. The quantitative estimate of drug-likeness (QED) is 0.131. The molecule has 2 bridgehead atoms. The highest BCUT2D eigenvalue weighted by Crippen LogP contribution is 2.63. The van der Waals surface area contributed by atoms with Crippen molar-refractivity contribution in [2.24, 2.45) is 16.9 Å². The summed E-state index contributed by atoms with van der Waals surface area (Å²) in [5.74, 6) is -3.46. The van der Waals surface area contributed by atoms with Gasteiger partial charge < -0.3 is 0 Å². The number of hydrazone groups is 1. The normalized spacial score (nSPS) is 23.2. The first-order valence-corrected chi connectivity index (χ1v) is 14.1. The molecule has 0 saturated carbocycles. The lowest BCUT2D eigenvalue weighted by molar-refractivity contribution is -0.384. The SMILES string of the molecule is O=C(N/N=C\C12c3ccccc3C(c3ccccc31)[C@H]1C(=O)N(c3ccc([N+](=O)[O-])cc3)C(=O)[C@@H]12)c1ccc(Cl)cc1Cl. The molecule has 8 rings (SSSR count). The summed E-state index contributed by atoms with van der Waals surface area (Å²) in [4.78, 5) is 53.4. The molecule has 4 aromatic carbocycles. The van der Waals surface area contributed by atoms with Crippen LogP contribution >= 0.6 is 23.2 Å². The second-order valence-corrected chi connectivity index (χ2v) is 11.5. The Morgan fingerprint density at radius 1 is 0.907 bits per heavy atom. The summed E-state index contributed by atoms with van der Waals surface area (Å²) < 4.78 is 0. The van der Waals surface area contributed by atoms with Crippen LogP contribution in [-0.2, 0) is 15.0 Å². The highest BCUT2D eigenvalue weighted by molar-refractivity contribution is 6.36. The molecule has 1 fully saturated rings. The molecular weight excluding hydrogens is 591 g/mol. The zero-order chi connectivity index (χ0) is 30.0. The molecule has 4 aliphatic rings. The van der Waals surface area contributed by atoms with Gasteiger partial charge in [0.05, 0.1) is 38.4 Å². The van der Waals surface area contributed by atoms with Crippen LogP contribution in [0.5, 0.6) is 0 Å². The zero-order valence-corrected chi connectivity index (χ0v) is 23.6. The maximum Gasteiger partial charge on any atom is 0.272 e. The summed E-state index contributed by atoms with van der Waals surface area (Å²) in [7, 11) is 0. The molecule has 11 heteroatoms. The van der Waals surface area contributed by atoms with Crippen molar-refractivity contribution >= 4 is 58.5 Å². The number of hydrogen-bond donors (Lipinski definition) is 1. The Morgan fingerprint density at radius 3 is 2.14 bits per heavy atom. The molecule has 1 heterocycles. The van der Waals surface area contributed by atoms with Gasteiger partial charge in [0.15, 0.2) is 0 Å². The number of nitro groups is 1. The van der Waals surface area contributed by atoms with E-state index < -0.39 is 45.8 Å². The van der Waals surface area contributed by atoms with Gasteiger partial charge in [-0.3, -0.25) is 24.5 Å². The molecule has 0 radical (unpaired) electrons. The van der Waals surface area contributed by atoms with Crippen LogP contribution in [0.4, 0.5) is 11.4 Å². The van der Waals surface area contributed by atoms with Gasteiger partial charge in [0, 0.05) is 29.3 Å². The molecule has 0 aromatic heterocycles. The van der Waals surface area contributed by atoms with Crippen LogP contribution in [0.2, 0.25) is 10.0 Å². The number of anilines is 1. The standard InChI is InChI=1S/C32H20Cl2N4O5/c33-17-9-14-22(25(34)15-17)29(39)36-35-16-32-23-7-3-1-5-20(23)26(21-6-2-4-8-24(21)32)27-28(32)31(41)37(30(27)40)18-10-12-19(13-11-18)38(42)43/h1-16,26-28H,(H,36,39)/b35-16-/t26?,27-,28-,32?/m1/s1. The van der Waals surface area contributed by atoms with E-state index in [9.17, 15) is 24.5 Å². The number of nitro benzene ring substituents is 1. The van der Waals surface area contributed by atoms with E-state index in [1.54, 1.807) is 12.3 Å². The first-order valence-electron chi connectivity index (χ1n) is 13.3. The van der Waals surface area contributed by atoms with Gasteiger partial charge in [0.1, 0.15) is 0 Å². The molecule has 3 aliphatic carbocycles. The highest BCUT2D eigenvalue weighted by atomic mass is 35.5. The van der Waals surface area contributed by atoms with Gasteiger partial charge in [-0.25, -0.2) is 10.3 Å². The fourth-order valence-corrected chi connectivity index (χ4v) is 7.45. The number of non-ortho nitro benzene ring substituents is 1. The molecule has 0 spiro atoms.